The first kappa shape index (κ1) is 12.9. The number of carbonyl (C=O) groups is 1. The predicted molar refractivity (Wildman–Crippen MR) is 72.3 cm³/mol. The van der Waals surface area contributed by atoms with Crippen molar-refractivity contribution in [2.75, 3.05) is 11.1 Å². The molecule has 0 saturated carbocycles. The van der Waals surface area contributed by atoms with E-state index in [2.05, 4.69) is 16.7 Å². The van der Waals surface area contributed by atoms with Crippen LogP contribution >= 0.6 is 11.8 Å². The van der Waals surface area contributed by atoms with Gasteiger partial charge in [0.25, 0.3) is 0 Å². The Bertz CT molecular complexity index is 519. The molecule has 18 heavy (non-hydrogen) atoms. The van der Waals surface area contributed by atoms with Crippen LogP contribution in [0.4, 0.5) is 5.69 Å². The second-order valence-electron chi connectivity index (χ2n) is 4.76. The maximum absolute atomic E-state index is 11.3. The summed E-state index contributed by atoms with van der Waals surface area (Å²) >= 11 is 1.55. The summed E-state index contributed by atoms with van der Waals surface area (Å²) in [5.41, 5.74) is 1.37. The molecular weight excluding hydrogens is 246 g/mol. The van der Waals surface area contributed by atoms with E-state index in [1.165, 1.54) is 0 Å². The molecule has 0 bridgehead atoms. The number of hydrogen-bond acceptors (Lipinski definition) is 4. The number of hydrogen-bond donors (Lipinski definition) is 2. The van der Waals surface area contributed by atoms with Crippen LogP contribution in [0.1, 0.15) is 19.4 Å². The van der Waals surface area contributed by atoms with Crippen LogP contribution in [0.5, 0.6) is 0 Å². The standard InChI is InChI=1S/C13H15N3OS/c1-13(2,8-14)15-6-9-3-4-11-10(5-9)16-12(17)7-18-11/h3-5,15H,6-7H2,1-2H3,(H,16,17). The quantitative estimate of drug-likeness (QED) is 0.874. The van der Waals surface area contributed by atoms with Gasteiger partial charge in [0.2, 0.25) is 5.91 Å². The molecule has 2 N–H and O–H groups in total. The van der Waals surface area contributed by atoms with Crippen LogP contribution in [0.15, 0.2) is 23.1 Å². The number of amides is 1. The highest BCUT2D eigenvalue weighted by molar-refractivity contribution is 8.00. The summed E-state index contributed by atoms with van der Waals surface area (Å²) in [6, 6.07) is 8.18. The van der Waals surface area contributed by atoms with Gasteiger partial charge in [-0.15, -0.1) is 11.8 Å². The minimum Gasteiger partial charge on any atom is -0.324 e. The summed E-state index contributed by atoms with van der Waals surface area (Å²) in [5.74, 6) is 0.515. The van der Waals surface area contributed by atoms with Crippen molar-refractivity contribution in [2.24, 2.45) is 0 Å². The van der Waals surface area contributed by atoms with Crippen molar-refractivity contribution in [1.82, 2.24) is 5.32 Å². The molecule has 0 aliphatic carbocycles. The number of thioether (sulfide) groups is 1. The lowest BCUT2D eigenvalue weighted by atomic mass is 10.1. The van der Waals surface area contributed by atoms with E-state index in [0.29, 0.717) is 12.3 Å². The van der Waals surface area contributed by atoms with Crippen LogP contribution in [0.2, 0.25) is 0 Å². The summed E-state index contributed by atoms with van der Waals surface area (Å²) in [7, 11) is 0. The summed E-state index contributed by atoms with van der Waals surface area (Å²) in [5, 5.41) is 14.9. The Balaban J connectivity index is 2.10. The second kappa shape index (κ2) is 5.01. The van der Waals surface area contributed by atoms with E-state index in [-0.39, 0.29) is 5.91 Å². The van der Waals surface area contributed by atoms with Gasteiger partial charge in [0.05, 0.1) is 17.5 Å². The van der Waals surface area contributed by atoms with Gasteiger partial charge in [-0.1, -0.05) is 6.07 Å². The van der Waals surface area contributed by atoms with E-state index in [1.807, 2.05) is 32.0 Å². The van der Waals surface area contributed by atoms with Gasteiger partial charge in [-0.3, -0.25) is 10.1 Å². The summed E-state index contributed by atoms with van der Waals surface area (Å²) in [6.45, 7) is 4.28. The first-order valence-corrected chi connectivity index (χ1v) is 6.70. The van der Waals surface area contributed by atoms with Crippen molar-refractivity contribution in [3.8, 4) is 6.07 Å². The zero-order valence-corrected chi connectivity index (χ0v) is 11.2. The molecule has 94 valence electrons. The zero-order valence-electron chi connectivity index (χ0n) is 10.4. The average molecular weight is 261 g/mol. The highest BCUT2D eigenvalue weighted by atomic mass is 32.2. The molecule has 0 fully saturated rings. The van der Waals surface area contributed by atoms with E-state index < -0.39 is 5.54 Å². The Morgan fingerprint density at radius 2 is 2.33 bits per heavy atom. The third-order valence-electron chi connectivity index (χ3n) is 2.69. The Kier molecular flexibility index (Phi) is 3.60. The Morgan fingerprint density at radius 1 is 1.56 bits per heavy atom. The van der Waals surface area contributed by atoms with Crippen LogP contribution in [-0.4, -0.2) is 17.2 Å². The fourth-order valence-electron chi connectivity index (χ4n) is 1.60. The van der Waals surface area contributed by atoms with Crippen molar-refractivity contribution in [2.45, 2.75) is 30.8 Å². The topological polar surface area (TPSA) is 64.9 Å². The maximum atomic E-state index is 11.3. The van der Waals surface area contributed by atoms with E-state index >= 15 is 0 Å². The molecule has 1 aromatic carbocycles. The molecule has 1 heterocycles. The van der Waals surface area contributed by atoms with E-state index in [4.69, 9.17) is 5.26 Å². The van der Waals surface area contributed by atoms with E-state index in [1.54, 1.807) is 11.8 Å². The molecule has 4 nitrogen and oxygen atoms in total. The Labute approximate surface area is 111 Å². The zero-order chi connectivity index (χ0) is 13.2. The van der Waals surface area contributed by atoms with Gasteiger partial charge >= 0.3 is 0 Å². The van der Waals surface area contributed by atoms with E-state index in [0.717, 1.165) is 16.1 Å². The molecule has 0 radical (unpaired) electrons. The van der Waals surface area contributed by atoms with Crippen molar-refractivity contribution in [1.29, 1.82) is 5.26 Å². The van der Waals surface area contributed by atoms with Crippen LogP contribution in [0.25, 0.3) is 0 Å². The average Bonchev–Trinajstić information content (AvgIpc) is 2.36. The minimum atomic E-state index is -0.548. The smallest absolute Gasteiger partial charge is 0.234 e. The third-order valence-corrected chi connectivity index (χ3v) is 3.76. The van der Waals surface area contributed by atoms with Crippen LogP contribution in [-0.2, 0) is 11.3 Å². The predicted octanol–water partition coefficient (Wildman–Crippen LogP) is 2.12. The van der Waals surface area contributed by atoms with E-state index in [9.17, 15) is 4.79 Å². The van der Waals surface area contributed by atoms with Crippen molar-refractivity contribution < 1.29 is 4.79 Å². The molecule has 1 amide bonds. The van der Waals surface area contributed by atoms with Crippen molar-refractivity contribution >= 4 is 23.4 Å². The molecule has 5 heteroatoms. The molecule has 1 aromatic rings. The molecule has 0 saturated heterocycles. The lowest BCUT2D eigenvalue weighted by Crippen LogP contribution is -2.36. The number of benzene rings is 1. The van der Waals surface area contributed by atoms with Gasteiger partial charge in [0.1, 0.15) is 5.54 Å². The Hall–Kier alpha value is -1.51. The lowest BCUT2D eigenvalue weighted by Gasteiger charge is -2.20. The largest absolute Gasteiger partial charge is 0.324 e. The molecule has 1 aliphatic heterocycles. The number of anilines is 1. The molecule has 0 spiro atoms. The maximum Gasteiger partial charge on any atom is 0.234 e. The fraction of sp³-hybridized carbons (Fsp3) is 0.385. The molecule has 2 rings (SSSR count). The Morgan fingerprint density at radius 3 is 3.06 bits per heavy atom. The second-order valence-corrected chi connectivity index (χ2v) is 5.77. The molecule has 0 atom stereocenters. The SMILES string of the molecule is CC(C)(C#N)NCc1ccc2c(c1)NC(=O)CS2. The van der Waals surface area contributed by atoms with Crippen LogP contribution < -0.4 is 10.6 Å². The van der Waals surface area contributed by atoms with Gasteiger partial charge < -0.3 is 5.32 Å². The fourth-order valence-corrected chi connectivity index (χ4v) is 2.39. The number of nitriles is 1. The number of rotatable bonds is 3. The number of nitrogens with zero attached hydrogens (tertiary/aromatic N) is 1. The van der Waals surface area contributed by atoms with Crippen LogP contribution in [0, 0.1) is 11.3 Å². The van der Waals surface area contributed by atoms with Crippen molar-refractivity contribution in [3.63, 3.8) is 0 Å². The monoisotopic (exact) mass is 261 g/mol. The third kappa shape index (κ3) is 3.03. The summed E-state index contributed by atoms with van der Waals surface area (Å²) in [4.78, 5) is 12.4. The molecule has 0 unspecified atom stereocenters. The van der Waals surface area contributed by atoms with Crippen LogP contribution in [0.3, 0.4) is 0 Å². The first-order valence-electron chi connectivity index (χ1n) is 5.72. The van der Waals surface area contributed by atoms with Gasteiger partial charge in [0.15, 0.2) is 0 Å². The normalized spacial score (nSPS) is 14.6. The van der Waals surface area contributed by atoms with Gasteiger partial charge in [-0.2, -0.15) is 5.26 Å². The highest BCUT2D eigenvalue weighted by Gasteiger charge is 2.17. The lowest BCUT2D eigenvalue weighted by molar-refractivity contribution is -0.113. The van der Waals surface area contributed by atoms with Gasteiger partial charge in [-0.05, 0) is 31.5 Å². The van der Waals surface area contributed by atoms with Gasteiger partial charge in [0, 0.05) is 11.4 Å². The summed E-state index contributed by atoms with van der Waals surface area (Å²) in [6.07, 6.45) is 0. The molecule has 1 aliphatic rings. The first-order chi connectivity index (χ1) is 8.50. The number of nitrogens with one attached hydrogen (secondary N) is 2. The number of fused-ring (bicyclic) bond motifs is 1. The molecule has 0 aromatic heterocycles. The summed E-state index contributed by atoms with van der Waals surface area (Å²) < 4.78 is 0. The minimum absolute atomic E-state index is 0.0370. The number of carbonyl (C=O) groups excluding carboxylic acids is 1. The van der Waals surface area contributed by atoms with Crippen molar-refractivity contribution in [3.05, 3.63) is 23.8 Å². The molecular formula is C13H15N3OS. The van der Waals surface area contributed by atoms with Gasteiger partial charge in [-0.25, -0.2) is 0 Å². The highest BCUT2D eigenvalue weighted by Crippen LogP contribution is 2.31.